The molecule has 0 spiro atoms. The maximum absolute atomic E-state index is 12.1. The molecule has 128 valence electrons. The number of halogens is 3. The zero-order valence-corrected chi connectivity index (χ0v) is 13.0. The van der Waals surface area contributed by atoms with Crippen LogP contribution in [0.1, 0.15) is 22.8 Å². The summed E-state index contributed by atoms with van der Waals surface area (Å²) >= 11 is 0. The van der Waals surface area contributed by atoms with Crippen LogP contribution in [0.15, 0.2) is 54.6 Å². The number of carbonyl (C=O) groups is 1. The summed E-state index contributed by atoms with van der Waals surface area (Å²) in [4.78, 5) is 12.0. The van der Waals surface area contributed by atoms with Crippen LogP contribution in [0.25, 0.3) is 0 Å². The highest BCUT2D eigenvalue weighted by molar-refractivity contribution is 5.99. The molecule has 0 bridgehead atoms. The van der Waals surface area contributed by atoms with Crippen LogP contribution in [-0.2, 0) is 11.3 Å². The van der Waals surface area contributed by atoms with E-state index in [2.05, 4.69) is 4.74 Å². The smallest absolute Gasteiger partial charge is 0.411 e. The minimum atomic E-state index is -4.45. The molecular formula is C18H17F3O3. The Labute approximate surface area is 138 Å². The molecule has 1 atom stereocenters. The van der Waals surface area contributed by atoms with Crippen molar-refractivity contribution in [3.8, 4) is 5.75 Å². The van der Waals surface area contributed by atoms with Crippen LogP contribution in [0.2, 0.25) is 0 Å². The van der Waals surface area contributed by atoms with E-state index >= 15 is 0 Å². The van der Waals surface area contributed by atoms with E-state index in [1.807, 2.05) is 30.3 Å². The molecule has 2 rings (SSSR count). The van der Waals surface area contributed by atoms with Crippen LogP contribution < -0.4 is 4.74 Å². The summed E-state index contributed by atoms with van der Waals surface area (Å²) in [5, 5.41) is 0. The number of hydrogen-bond donors (Lipinski definition) is 0. The van der Waals surface area contributed by atoms with Gasteiger partial charge in [-0.2, -0.15) is 13.2 Å². The molecule has 2 aromatic rings. The van der Waals surface area contributed by atoms with Crippen LogP contribution in [0.4, 0.5) is 13.2 Å². The fourth-order valence-corrected chi connectivity index (χ4v) is 1.99. The summed E-state index contributed by atoms with van der Waals surface area (Å²) in [6.45, 7) is 0.241. The van der Waals surface area contributed by atoms with E-state index in [0.29, 0.717) is 12.4 Å². The van der Waals surface area contributed by atoms with Crippen molar-refractivity contribution in [2.45, 2.75) is 25.8 Å². The number of Topliss-reactive ketones (excluding diaryl/α,β-unsaturated/α-hetero) is 1. The Morgan fingerprint density at radius 3 is 2.25 bits per heavy atom. The molecule has 0 saturated carbocycles. The number of hydrogen-bond acceptors (Lipinski definition) is 3. The maximum atomic E-state index is 12.1. The fraction of sp³-hybridized carbons (Fsp3) is 0.278. The Morgan fingerprint density at radius 1 is 1.04 bits per heavy atom. The first kappa shape index (κ1) is 18.0. The van der Waals surface area contributed by atoms with Gasteiger partial charge in [-0.1, -0.05) is 30.3 Å². The third-order valence-corrected chi connectivity index (χ3v) is 3.25. The minimum absolute atomic E-state index is 0.275. The van der Waals surface area contributed by atoms with Gasteiger partial charge in [-0.25, -0.2) is 0 Å². The Kier molecular flexibility index (Phi) is 5.98. The third-order valence-electron chi connectivity index (χ3n) is 3.25. The Balaban J connectivity index is 1.90. The summed E-state index contributed by atoms with van der Waals surface area (Å²) in [5.74, 6) is 0.0631. The molecule has 0 aliphatic carbocycles. The molecular weight excluding hydrogens is 321 g/mol. The molecule has 0 aromatic heterocycles. The zero-order valence-electron chi connectivity index (χ0n) is 13.0. The normalized spacial score (nSPS) is 12.7. The number of ketones is 1. The average Bonchev–Trinajstić information content (AvgIpc) is 2.58. The van der Waals surface area contributed by atoms with Gasteiger partial charge in [0.05, 0.1) is 0 Å². The first-order chi connectivity index (χ1) is 11.3. The van der Waals surface area contributed by atoms with Gasteiger partial charge < -0.3 is 9.47 Å². The molecule has 3 nitrogen and oxygen atoms in total. The maximum Gasteiger partial charge on any atom is 0.411 e. The Hall–Kier alpha value is -2.34. The first-order valence-corrected chi connectivity index (χ1v) is 7.34. The lowest BCUT2D eigenvalue weighted by atomic mass is 10.1. The Morgan fingerprint density at radius 2 is 1.67 bits per heavy atom. The molecule has 24 heavy (non-hydrogen) atoms. The van der Waals surface area contributed by atoms with E-state index < -0.39 is 24.7 Å². The second kappa shape index (κ2) is 7.97. The SMILES string of the molecule is CC(OCC(F)(F)F)C(=O)c1ccc(OCc2ccccc2)cc1. The van der Waals surface area contributed by atoms with E-state index in [-0.39, 0.29) is 5.56 Å². The summed E-state index contributed by atoms with van der Waals surface area (Å²) in [6, 6.07) is 15.8. The van der Waals surface area contributed by atoms with Crippen molar-refractivity contribution in [3.63, 3.8) is 0 Å². The number of ether oxygens (including phenoxy) is 2. The van der Waals surface area contributed by atoms with E-state index in [4.69, 9.17) is 4.74 Å². The van der Waals surface area contributed by atoms with Crippen molar-refractivity contribution in [1.82, 2.24) is 0 Å². The van der Waals surface area contributed by atoms with Crippen molar-refractivity contribution < 1.29 is 27.4 Å². The highest BCUT2D eigenvalue weighted by Crippen LogP contribution is 2.18. The molecule has 0 aliphatic heterocycles. The number of rotatable bonds is 7. The average molecular weight is 338 g/mol. The quantitative estimate of drug-likeness (QED) is 0.701. The second-order valence-corrected chi connectivity index (χ2v) is 5.23. The fourth-order valence-electron chi connectivity index (χ4n) is 1.99. The van der Waals surface area contributed by atoms with Crippen LogP contribution in [0, 0.1) is 0 Å². The summed E-state index contributed by atoms with van der Waals surface area (Å²) in [6.07, 6.45) is -5.62. The number of carbonyl (C=O) groups excluding carboxylic acids is 1. The lowest BCUT2D eigenvalue weighted by molar-refractivity contribution is -0.179. The zero-order chi connectivity index (χ0) is 17.6. The van der Waals surface area contributed by atoms with Crippen LogP contribution in [-0.4, -0.2) is 24.7 Å². The minimum Gasteiger partial charge on any atom is -0.489 e. The van der Waals surface area contributed by atoms with E-state index in [1.165, 1.54) is 19.1 Å². The topological polar surface area (TPSA) is 35.5 Å². The highest BCUT2D eigenvalue weighted by atomic mass is 19.4. The van der Waals surface area contributed by atoms with E-state index in [1.54, 1.807) is 12.1 Å². The van der Waals surface area contributed by atoms with Crippen molar-refractivity contribution in [2.24, 2.45) is 0 Å². The molecule has 0 heterocycles. The molecule has 1 unspecified atom stereocenters. The van der Waals surface area contributed by atoms with Crippen molar-refractivity contribution in [2.75, 3.05) is 6.61 Å². The van der Waals surface area contributed by atoms with E-state index in [9.17, 15) is 18.0 Å². The number of benzene rings is 2. The second-order valence-electron chi connectivity index (χ2n) is 5.23. The summed E-state index contributed by atoms with van der Waals surface area (Å²) < 4.78 is 46.5. The highest BCUT2D eigenvalue weighted by Gasteiger charge is 2.30. The molecule has 2 aromatic carbocycles. The van der Waals surface area contributed by atoms with Gasteiger partial charge in [0, 0.05) is 5.56 Å². The molecule has 0 saturated heterocycles. The van der Waals surface area contributed by atoms with Gasteiger partial charge in [0.1, 0.15) is 25.1 Å². The van der Waals surface area contributed by atoms with Gasteiger partial charge in [-0.05, 0) is 36.8 Å². The van der Waals surface area contributed by atoms with Gasteiger partial charge in [0.25, 0.3) is 0 Å². The standard InChI is InChI=1S/C18H17F3O3/c1-13(24-12-18(19,20)21)17(22)15-7-9-16(10-8-15)23-11-14-5-3-2-4-6-14/h2-10,13H,11-12H2,1H3. The van der Waals surface area contributed by atoms with Gasteiger partial charge in [-0.3, -0.25) is 4.79 Å². The summed E-state index contributed by atoms with van der Waals surface area (Å²) in [5.41, 5.74) is 1.28. The van der Waals surface area contributed by atoms with Crippen LogP contribution in [0.5, 0.6) is 5.75 Å². The van der Waals surface area contributed by atoms with Crippen molar-refractivity contribution in [3.05, 3.63) is 65.7 Å². The van der Waals surface area contributed by atoms with Crippen molar-refractivity contribution >= 4 is 5.78 Å². The molecule has 0 aliphatic rings. The summed E-state index contributed by atoms with van der Waals surface area (Å²) in [7, 11) is 0. The van der Waals surface area contributed by atoms with Gasteiger partial charge in [-0.15, -0.1) is 0 Å². The monoisotopic (exact) mass is 338 g/mol. The predicted octanol–water partition coefficient (Wildman–Crippen LogP) is 4.42. The number of alkyl halides is 3. The lowest BCUT2D eigenvalue weighted by Gasteiger charge is -2.14. The first-order valence-electron chi connectivity index (χ1n) is 7.34. The van der Waals surface area contributed by atoms with Gasteiger partial charge in [0.2, 0.25) is 0 Å². The molecule has 6 heteroatoms. The Bertz CT molecular complexity index is 651. The lowest BCUT2D eigenvalue weighted by Crippen LogP contribution is -2.27. The largest absolute Gasteiger partial charge is 0.489 e. The van der Waals surface area contributed by atoms with Gasteiger partial charge in [0.15, 0.2) is 5.78 Å². The molecule has 0 amide bonds. The van der Waals surface area contributed by atoms with Gasteiger partial charge >= 0.3 is 6.18 Å². The van der Waals surface area contributed by atoms with E-state index in [0.717, 1.165) is 5.56 Å². The third kappa shape index (κ3) is 5.70. The molecule has 0 radical (unpaired) electrons. The van der Waals surface area contributed by atoms with Crippen LogP contribution in [0.3, 0.4) is 0 Å². The van der Waals surface area contributed by atoms with Crippen LogP contribution >= 0.6 is 0 Å². The molecule has 0 fully saturated rings. The van der Waals surface area contributed by atoms with Crippen molar-refractivity contribution in [1.29, 1.82) is 0 Å². The molecule has 0 N–H and O–H groups in total. The predicted molar refractivity (Wildman–Crippen MR) is 83.0 cm³/mol.